The number of aryl methyl sites for hydroxylation is 2. The first-order valence-corrected chi connectivity index (χ1v) is 5.59. The number of benzene rings is 1. The van der Waals surface area contributed by atoms with Crippen molar-refractivity contribution in [2.45, 2.75) is 20.3 Å². The first-order valence-electron chi connectivity index (χ1n) is 4.46. The normalized spacial score (nSPS) is 9.43. The molecule has 0 aliphatic rings. The summed E-state index contributed by atoms with van der Waals surface area (Å²) in [6.45, 7) is 3.52. The molecule has 0 heterocycles. The van der Waals surface area contributed by atoms with Gasteiger partial charge in [0, 0.05) is 17.3 Å². The molecular weight excluding hydrogens is 243 g/mol. The van der Waals surface area contributed by atoms with E-state index in [0.29, 0.717) is 11.1 Å². The van der Waals surface area contributed by atoms with Crippen LogP contribution in [-0.4, -0.2) is 5.33 Å². The van der Waals surface area contributed by atoms with Crippen LogP contribution in [0, 0.1) is 31.5 Å². The lowest BCUT2D eigenvalue weighted by molar-refractivity contribution is 0.609. The Kier molecular flexibility index (Phi) is 4.16. The van der Waals surface area contributed by atoms with Crippen molar-refractivity contribution >= 4 is 15.9 Å². The molecule has 0 saturated carbocycles. The Labute approximate surface area is 92.7 Å². The van der Waals surface area contributed by atoms with Crippen molar-refractivity contribution in [1.82, 2.24) is 0 Å². The number of hydrogen-bond donors (Lipinski definition) is 0. The summed E-state index contributed by atoms with van der Waals surface area (Å²) < 4.78 is 13.2. The molecule has 0 bridgehead atoms. The molecule has 0 unspecified atom stereocenters. The third kappa shape index (κ3) is 2.85. The molecule has 0 nitrogen and oxygen atoms in total. The molecule has 0 saturated heterocycles. The highest BCUT2D eigenvalue weighted by Crippen LogP contribution is 2.13. The summed E-state index contributed by atoms with van der Waals surface area (Å²) in [7, 11) is 0. The lowest BCUT2D eigenvalue weighted by Crippen LogP contribution is -1.89. The van der Waals surface area contributed by atoms with Crippen molar-refractivity contribution < 1.29 is 4.39 Å². The van der Waals surface area contributed by atoms with Gasteiger partial charge in [-0.3, -0.25) is 0 Å². The number of halogens is 2. The second-order valence-corrected chi connectivity index (χ2v) is 3.96. The average molecular weight is 255 g/mol. The Morgan fingerprint density at radius 1 is 1.29 bits per heavy atom. The van der Waals surface area contributed by atoms with Crippen LogP contribution in [0.25, 0.3) is 0 Å². The van der Waals surface area contributed by atoms with E-state index in [4.69, 9.17) is 0 Å². The molecule has 0 spiro atoms. The van der Waals surface area contributed by atoms with E-state index in [1.807, 2.05) is 0 Å². The minimum absolute atomic E-state index is 0.129. The van der Waals surface area contributed by atoms with Crippen molar-refractivity contribution in [2.75, 3.05) is 5.33 Å². The summed E-state index contributed by atoms with van der Waals surface area (Å²) in [4.78, 5) is 0. The van der Waals surface area contributed by atoms with Crippen LogP contribution >= 0.6 is 15.9 Å². The van der Waals surface area contributed by atoms with Gasteiger partial charge in [-0.1, -0.05) is 27.8 Å². The van der Waals surface area contributed by atoms with Crippen LogP contribution in [0.3, 0.4) is 0 Å². The maximum atomic E-state index is 13.2. The second kappa shape index (κ2) is 5.17. The van der Waals surface area contributed by atoms with Crippen molar-refractivity contribution in [2.24, 2.45) is 0 Å². The summed E-state index contributed by atoms with van der Waals surface area (Å²) >= 11 is 3.30. The molecule has 14 heavy (non-hydrogen) atoms. The molecule has 2 heteroatoms. The quantitative estimate of drug-likeness (QED) is 0.531. The van der Waals surface area contributed by atoms with Crippen LogP contribution in [0.4, 0.5) is 4.39 Å². The van der Waals surface area contributed by atoms with Gasteiger partial charge in [0.1, 0.15) is 5.82 Å². The van der Waals surface area contributed by atoms with Gasteiger partial charge in [0.2, 0.25) is 0 Å². The SMILES string of the molecule is Cc1cc(C#CCCBr)cc(C)c1F. The van der Waals surface area contributed by atoms with E-state index >= 15 is 0 Å². The molecule has 1 aromatic carbocycles. The fourth-order valence-corrected chi connectivity index (χ4v) is 1.43. The van der Waals surface area contributed by atoms with Crippen LogP contribution in [-0.2, 0) is 0 Å². The predicted molar refractivity (Wildman–Crippen MR) is 61.2 cm³/mol. The Morgan fingerprint density at radius 3 is 2.36 bits per heavy atom. The molecule has 0 fully saturated rings. The van der Waals surface area contributed by atoms with Crippen LogP contribution in [0.1, 0.15) is 23.1 Å². The second-order valence-electron chi connectivity index (χ2n) is 3.16. The fourth-order valence-electron chi connectivity index (χ4n) is 1.23. The van der Waals surface area contributed by atoms with E-state index in [0.717, 1.165) is 17.3 Å². The van der Waals surface area contributed by atoms with E-state index in [1.54, 1.807) is 26.0 Å². The topological polar surface area (TPSA) is 0 Å². The van der Waals surface area contributed by atoms with Gasteiger partial charge in [-0.15, -0.1) is 0 Å². The molecule has 0 amide bonds. The van der Waals surface area contributed by atoms with E-state index < -0.39 is 0 Å². The Balaban J connectivity index is 2.97. The highest BCUT2D eigenvalue weighted by Gasteiger charge is 2.01. The lowest BCUT2D eigenvalue weighted by Gasteiger charge is -2.01. The van der Waals surface area contributed by atoms with Crippen molar-refractivity contribution in [3.8, 4) is 11.8 Å². The molecule has 1 aromatic rings. The van der Waals surface area contributed by atoms with Crippen molar-refractivity contribution in [1.29, 1.82) is 0 Å². The monoisotopic (exact) mass is 254 g/mol. The largest absolute Gasteiger partial charge is 0.206 e. The Bertz CT molecular complexity index is 362. The summed E-state index contributed by atoms with van der Waals surface area (Å²) in [5.74, 6) is 5.89. The van der Waals surface area contributed by atoms with Crippen LogP contribution < -0.4 is 0 Å². The molecule has 74 valence electrons. The molecule has 0 atom stereocenters. The Morgan fingerprint density at radius 2 is 1.86 bits per heavy atom. The van der Waals surface area contributed by atoms with E-state index in [9.17, 15) is 4.39 Å². The molecular formula is C12H12BrF. The molecule has 0 aromatic heterocycles. The predicted octanol–water partition coefficient (Wildman–Crippen LogP) is 3.58. The summed E-state index contributed by atoms with van der Waals surface area (Å²) in [6, 6.07) is 3.56. The highest BCUT2D eigenvalue weighted by molar-refractivity contribution is 9.09. The summed E-state index contributed by atoms with van der Waals surface area (Å²) in [6.07, 6.45) is 0.815. The average Bonchev–Trinajstić information content (AvgIpc) is 2.14. The van der Waals surface area contributed by atoms with E-state index in [-0.39, 0.29) is 5.82 Å². The van der Waals surface area contributed by atoms with Gasteiger partial charge in [-0.2, -0.15) is 0 Å². The minimum atomic E-state index is -0.129. The van der Waals surface area contributed by atoms with Gasteiger partial charge >= 0.3 is 0 Å². The van der Waals surface area contributed by atoms with Crippen molar-refractivity contribution in [3.05, 3.63) is 34.6 Å². The molecule has 0 aliphatic heterocycles. The molecule has 0 N–H and O–H groups in total. The smallest absolute Gasteiger partial charge is 0.129 e. The standard InChI is InChI=1S/C12H12BrF/c1-9-7-11(5-3-4-6-13)8-10(2)12(9)14/h7-8H,4,6H2,1-2H3. The lowest BCUT2D eigenvalue weighted by atomic mass is 10.1. The zero-order chi connectivity index (χ0) is 10.6. The highest BCUT2D eigenvalue weighted by atomic mass is 79.9. The van der Waals surface area contributed by atoms with Crippen LogP contribution in [0.2, 0.25) is 0 Å². The fraction of sp³-hybridized carbons (Fsp3) is 0.333. The molecule has 0 aliphatic carbocycles. The minimum Gasteiger partial charge on any atom is -0.206 e. The van der Waals surface area contributed by atoms with Crippen LogP contribution in [0.5, 0.6) is 0 Å². The van der Waals surface area contributed by atoms with Gasteiger partial charge in [0.25, 0.3) is 0 Å². The molecule has 0 radical (unpaired) electrons. The third-order valence-electron chi connectivity index (χ3n) is 1.89. The van der Waals surface area contributed by atoms with Gasteiger partial charge < -0.3 is 0 Å². The number of rotatable bonds is 1. The Hall–Kier alpha value is -0.810. The zero-order valence-electron chi connectivity index (χ0n) is 8.32. The van der Waals surface area contributed by atoms with E-state index in [1.165, 1.54) is 0 Å². The van der Waals surface area contributed by atoms with E-state index in [2.05, 4.69) is 27.8 Å². The van der Waals surface area contributed by atoms with Crippen LogP contribution in [0.15, 0.2) is 12.1 Å². The number of hydrogen-bond acceptors (Lipinski definition) is 0. The first-order chi connectivity index (χ1) is 6.65. The maximum Gasteiger partial charge on any atom is 0.129 e. The summed E-state index contributed by atoms with van der Waals surface area (Å²) in [5, 5.41) is 0.874. The van der Waals surface area contributed by atoms with Gasteiger partial charge in [0.15, 0.2) is 0 Å². The number of alkyl halides is 1. The van der Waals surface area contributed by atoms with Gasteiger partial charge in [-0.05, 0) is 37.1 Å². The summed E-state index contributed by atoms with van der Waals surface area (Å²) in [5.41, 5.74) is 2.21. The maximum absolute atomic E-state index is 13.2. The van der Waals surface area contributed by atoms with Gasteiger partial charge in [-0.25, -0.2) is 4.39 Å². The molecule has 1 rings (SSSR count). The first kappa shape index (κ1) is 11.3. The third-order valence-corrected chi connectivity index (χ3v) is 2.29. The van der Waals surface area contributed by atoms with Crippen molar-refractivity contribution in [3.63, 3.8) is 0 Å². The van der Waals surface area contributed by atoms with Gasteiger partial charge in [0.05, 0.1) is 0 Å². The zero-order valence-corrected chi connectivity index (χ0v) is 9.91.